The summed E-state index contributed by atoms with van der Waals surface area (Å²) in [7, 11) is 2.87. The van der Waals surface area contributed by atoms with E-state index in [9.17, 15) is 4.21 Å². The molecule has 0 amide bonds. The molecule has 0 rings (SSSR count). The summed E-state index contributed by atoms with van der Waals surface area (Å²) in [5.74, 6) is 0. The summed E-state index contributed by atoms with van der Waals surface area (Å²) in [6.45, 7) is -2.55. The summed E-state index contributed by atoms with van der Waals surface area (Å²) in [5, 5.41) is 0. The van der Waals surface area contributed by atoms with E-state index in [1.807, 2.05) is 0 Å². The zero-order valence-electron chi connectivity index (χ0n) is 4.66. The Kier molecular flexibility index (Phi) is 3.51. The van der Waals surface area contributed by atoms with E-state index < -0.39 is 6.64 Å². The van der Waals surface area contributed by atoms with Crippen molar-refractivity contribution in [3.05, 3.63) is 0 Å². The Morgan fingerprint density at radius 3 is 1.88 bits per heavy atom. The Morgan fingerprint density at radius 1 is 1.50 bits per heavy atom. The zero-order valence-corrected chi connectivity index (χ0v) is 6.37. The van der Waals surface area contributed by atoms with Crippen molar-refractivity contribution in [1.29, 1.82) is 0 Å². The molecule has 0 unspecified atom stereocenters. The van der Waals surface area contributed by atoms with Gasteiger partial charge in [-0.1, -0.05) is 0 Å². The van der Waals surface area contributed by atoms with Gasteiger partial charge in [-0.05, 0) is 0 Å². The van der Waals surface area contributed by atoms with E-state index in [2.05, 4.69) is 9.05 Å². The van der Waals surface area contributed by atoms with Crippen molar-refractivity contribution < 1.29 is 13.3 Å². The van der Waals surface area contributed by atoms with Crippen molar-refractivity contribution in [3.63, 3.8) is 0 Å². The second-order valence-corrected chi connectivity index (χ2v) is 4.91. The molecule has 0 aromatic rings. The summed E-state index contributed by atoms with van der Waals surface area (Å²) in [6, 6.07) is 0. The minimum atomic E-state index is -2.55. The summed E-state index contributed by atoms with van der Waals surface area (Å²) >= 11 is 0. The van der Waals surface area contributed by atoms with Crippen LogP contribution in [-0.4, -0.2) is 18.4 Å². The molecule has 8 heavy (non-hydrogen) atoms. The third kappa shape index (κ3) is 2.07. The lowest BCUT2D eigenvalue weighted by atomic mass is 11.8. The molecule has 0 saturated heterocycles. The minimum Gasteiger partial charge on any atom is -0.320 e. The van der Waals surface area contributed by atoms with Gasteiger partial charge in [0.15, 0.2) is 10.8 Å². The Labute approximate surface area is 51.3 Å². The maximum absolute atomic E-state index is 10.0. The van der Waals surface area contributed by atoms with Crippen LogP contribution in [0.5, 0.6) is 0 Å². The van der Waals surface area contributed by atoms with Gasteiger partial charge in [-0.15, -0.1) is 0 Å². The first kappa shape index (κ1) is 8.33. The lowest BCUT2D eigenvalue weighted by Crippen LogP contribution is -1.97. The van der Waals surface area contributed by atoms with E-state index in [4.69, 9.17) is 5.50 Å². The van der Waals surface area contributed by atoms with E-state index in [-0.39, 0.29) is 10.8 Å². The van der Waals surface area contributed by atoms with Crippen LogP contribution in [0.4, 0.5) is 0 Å². The molecule has 0 aliphatic rings. The fraction of sp³-hybridized carbons (Fsp3) is 1.00. The smallest absolute Gasteiger partial charge is 0.287 e. The maximum Gasteiger partial charge on any atom is 0.287 e. The van der Waals surface area contributed by atoms with Gasteiger partial charge in [0.2, 0.25) is 0 Å². The largest absolute Gasteiger partial charge is 0.320 e. The van der Waals surface area contributed by atoms with Crippen molar-refractivity contribution in [2.75, 3.05) is 14.2 Å². The van der Waals surface area contributed by atoms with E-state index in [1.54, 1.807) is 0 Å². The average Bonchev–Trinajstić information content (AvgIpc) is 1.87. The fourth-order valence-electron chi connectivity index (χ4n) is 0.135. The van der Waals surface area contributed by atoms with Gasteiger partial charge in [0, 0.05) is 14.2 Å². The predicted octanol–water partition coefficient (Wildman–Crippen LogP) is 0.128. The Balaban J connectivity index is 4.24. The maximum atomic E-state index is 10.0. The summed E-state index contributed by atoms with van der Waals surface area (Å²) in [5.41, 5.74) is 5.21. The summed E-state index contributed by atoms with van der Waals surface area (Å²) < 4.78 is 19.1. The van der Waals surface area contributed by atoms with E-state index in [0.717, 1.165) is 0 Å². The van der Waals surface area contributed by atoms with Gasteiger partial charge in [-0.25, -0.2) is 4.21 Å². The van der Waals surface area contributed by atoms with Crippen LogP contribution in [0.3, 0.4) is 0 Å². The molecular formula is C2H8NO3PS. The quantitative estimate of drug-likeness (QED) is 0.578. The van der Waals surface area contributed by atoms with Gasteiger partial charge >= 0.3 is 0 Å². The van der Waals surface area contributed by atoms with Crippen LogP contribution >= 0.6 is 6.64 Å². The SMILES string of the molecule is COP(N)(OC)=S=O. The lowest BCUT2D eigenvalue weighted by Gasteiger charge is -2.07. The van der Waals surface area contributed by atoms with Gasteiger partial charge < -0.3 is 9.05 Å². The minimum absolute atomic E-state index is 0.167. The predicted molar refractivity (Wildman–Crippen MR) is 33.3 cm³/mol. The lowest BCUT2D eigenvalue weighted by molar-refractivity contribution is 0.337. The molecule has 0 spiro atoms. The van der Waals surface area contributed by atoms with Crippen LogP contribution in [-0.2, 0) is 19.9 Å². The number of nitrogens with two attached hydrogens (primary N) is 1. The van der Waals surface area contributed by atoms with Crippen LogP contribution < -0.4 is 5.50 Å². The third-order valence-electron chi connectivity index (χ3n) is 0.613. The van der Waals surface area contributed by atoms with Crippen molar-refractivity contribution in [2.24, 2.45) is 5.50 Å². The molecule has 4 nitrogen and oxygen atoms in total. The Bertz CT molecular complexity index is 134. The van der Waals surface area contributed by atoms with Gasteiger partial charge in [0.05, 0.1) is 0 Å². The molecule has 0 atom stereocenters. The number of hydrogen-bond donors (Lipinski definition) is 1. The molecule has 0 aliphatic heterocycles. The summed E-state index contributed by atoms with van der Waals surface area (Å²) in [4.78, 5) is 0. The molecule has 0 radical (unpaired) electrons. The van der Waals surface area contributed by atoms with Crippen LogP contribution in [0.15, 0.2) is 0 Å². The van der Waals surface area contributed by atoms with Crippen molar-refractivity contribution >= 4 is 17.5 Å². The third-order valence-corrected chi connectivity index (χ3v) is 3.36. The monoisotopic (exact) mass is 157 g/mol. The van der Waals surface area contributed by atoms with E-state index in [0.29, 0.717) is 0 Å². The van der Waals surface area contributed by atoms with Gasteiger partial charge in [-0.2, -0.15) is 0 Å². The molecule has 0 aromatic heterocycles. The van der Waals surface area contributed by atoms with Gasteiger partial charge in [-0.3, -0.25) is 5.50 Å². The average molecular weight is 157 g/mol. The molecule has 50 valence electrons. The van der Waals surface area contributed by atoms with Crippen LogP contribution in [0.25, 0.3) is 0 Å². The normalized spacial score (nSPS) is 11.4. The van der Waals surface area contributed by atoms with Crippen molar-refractivity contribution in [3.8, 4) is 0 Å². The van der Waals surface area contributed by atoms with Crippen molar-refractivity contribution in [2.45, 2.75) is 0 Å². The number of hydrogen-bond acceptors (Lipinski definition) is 3. The standard InChI is InChI=1S/C2H8NO3PS/c1-5-7(3,6-2)8-4/h3H2,1-2H3. The molecule has 2 N–H and O–H groups in total. The Morgan fingerprint density at radius 2 is 1.88 bits per heavy atom. The van der Waals surface area contributed by atoms with Crippen LogP contribution in [0, 0.1) is 0 Å². The first-order valence-corrected chi connectivity index (χ1v) is 4.83. The highest BCUT2D eigenvalue weighted by Crippen LogP contribution is 2.37. The Hall–Kier alpha value is 0.330. The topological polar surface area (TPSA) is 61.6 Å². The molecule has 0 fully saturated rings. The highest BCUT2D eigenvalue weighted by molar-refractivity contribution is 8.12. The molecule has 0 saturated carbocycles. The molecule has 0 aliphatic carbocycles. The zero-order chi connectivity index (χ0) is 6.62. The van der Waals surface area contributed by atoms with E-state index >= 15 is 0 Å². The number of rotatable bonds is 2. The molecule has 6 heteroatoms. The molecular weight excluding hydrogens is 149 g/mol. The summed E-state index contributed by atoms with van der Waals surface area (Å²) in [6.07, 6.45) is 0. The fourth-order valence-corrected chi connectivity index (χ4v) is 0.771. The van der Waals surface area contributed by atoms with Gasteiger partial charge in [0.1, 0.15) is 0 Å². The highest BCUT2D eigenvalue weighted by atomic mass is 32.5. The van der Waals surface area contributed by atoms with Crippen LogP contribution in [0.2, 0.25) is 0 Å². The first-order chi connectivity index (χ1) is 3.68. The second-order valence-electron chi connectivity index (χ2n) is 0.980. The van der Waals surface area contributed by atoms with Crippen molar-refractivity contribution in [1.82, 2.24) is 0 Å². The molecule has 0 aromatic carbocycles. The molecule has 0 heterocycles. The van der Waals surface area contributed by atoms with Gasteiger partial charge in [0.25, 0.3) is 6.64 Å². The van der Waals surface area contributed by atoms with Crippen LogP contribution in [0.1, 0.15) is 0 Å². The first-order valence-electron chi connectivity index (χ1n) is 1.79. The highest BCUT2D eigenvalue weighted by Gasteiger charge is 2.07. The van der Waals surface area contributed by atoms with E-state index in [1.165, 1.54) is 14.2 Å². The molecule has 0 bridgehead atoms. The second kappa shape index (κ2) is 3.37.